The van der Waals surface area contributed by atoms with E-state index in [1.165, 1.54) is 60.7 Å². The first-order valence-corrected chi connectivity index (χ1v) is 11.3. The highest BCUT2D eigenvalue weighted by Crippen LogP contribution is 2.31. The fourth-order valence-corrected chi connectivity index (χ4v) is 4.88. The lowest BCUT2D eigenvalue weighted by molar-refractivity contribution is -0.137. The van der Waals surface area contributed by atoms with Crippen LogP contribution in [0.1, 0.15) is 21.5 Å². The summed E-state index contributed by atoms with van der Waals surface area (Å²) in [5, 5.41) is 2.50. The molecule has 2 amide bonds. The monoisotopic (exact) mass is 490 g/mol. The molecule has 0 unspecified atom stereocenters. The molecule has 176 valence electrons. The van der Waals surface area contributed by atoms with Crippen LogP contribution in [0.4, 0.5) is 18.9 Å². The summed E-state index contributed by atoms with van der Waals surface area (Å²) in [6.07, 6.45) is -4.45. The highest BCUT2D eigenvalue weighted by Gasteiger charge is 2.41. The molecule has 0 fully saturated rings. The Labute approximate surface area is 192 Å². The average molecular weight is 490 g/mol. The summed E-state index contributed by atoms with van der Waals surface area (Å²) < 4.78 is 69.5. The number of carbonyl (C=O) groups excluding carboxylic acids is 2. The number of sulfonamides is 1. The summed E-state index contributed by atoms with van der Waals surface area (Å²) in [6.45, 7) is -0.783. The van der Waals surface area contributed by atoms with Crippen LogP contribution in [0.15, 0.2) is 77.7 Å². The average Bonchev–Trinajstić information content (AvgIpc) is 2.99. The number of anilines is 1. The topological polar surface area (TPSA) is 92.8 Å². The van der Waals surface area contributed by atoms with Gasteiger partial charge in [-0.2, -0.15) is 13.2 Å². The molecule has 7 nitrogen and oxygen atoms in total. The molecule has 0 aliphatic carbocycles. The third-order valence-corrected chi connectivity index (χ3v) is 6.78. The molecule has 0 bridgehead atoms. The summed E-state index contributed by atoms with van der Waals surface area (Å²) in [7, 11) is -4.10. The number of ether oxygens (including phenoxy) is 1. The summed E-state index contributed by atoms with van der Waals surface area (Å²) in [5.41, 5.74) is -0.103. The number of carbonyl (C=O) groups is 2. The lowest BCUT2D eigenvalue weighted by Crippen LogP contribution is -2.37. The molecule has 3 aromatic carbocycles. The van der Waals surface area contributed by atoms with Gasteiger partial charge in [-0.3, -0.25) is 9.59 Å². The summed E-state index contributed by atoms with van der Waals surface area (Å²) in [4.78, 5) is 24.6. The van der Waals surface area contributed by atoms with Crippen LogP contribution in [-0.4, -0.2) is 31.1 Å². The van der Waals surface area contributed by atoms with Crippen LogP contribution < -0.4 is 10.1 Å². The molecule has 0 saturated carbocycles. The lowest BCUT2D eigenvalue weighted by Gasteiger charge is -2.15. The predicted octanol–water partition coefficient (Wildman–Crippen LogP) is 4.07. The normalized spacial score (nSPS) is 14.6. The molecule has 1 aliphatic rings. The third kappa shape index (κ3) is 4.74. The SMILES string of the molecule is O=C(CN1C(=O)c2ccccc2S1(=O)=O)Nc1ccc(OCc2cccc(C(F)(F)F)c2)cc1. The molecule has 0 atom stereocenters. The van der Waals surface area contributed by atoms with E-state index in [1.807, 2.05) is 0 Å². The van der Waals surface area contributed by atoms with Crippen molar-refractivity contribution in [3.63, 3.8) is 0 Å². The minimum Gasteiger partial charge on any atom is -0.489 e. The second-order valence-electron chi connectivity index (χ2n) is 7.37. The molecule has 1 N–H and O–H groups in total. The molecule has 11 heteroatoms. The van der Waals surface area contributed by atoms with Crippen LogP contribution in [0.5, 0.6) is 5.75 Å². The molecule has 3 aromatic rings. The van der Waals surface area contributed by atoms with Gasteiger partial charge in [0.2, 0.25) is 5.91 Å². The van der Waals surface area contributed by atoms with Gasteiger partial charge >= 0.3 is 6.18 Å². The van der Waals surface area contributed by atoms with E-state index in [1.54, 1.807) is 0 Å². The fourth-order valence-electron chi connectivity index (χ4n) is 3.36. The van der Waals surface area contributed by atoms with Crippen molar-refractivity contribution in [3.8, 4) is 5.75 Å². The standard InChI is InChI=1S/C23H17F3N2O5S/c24-23(25,26)16-5-3-4-15(12-16)14-33-18-10-8-17(9-11-18)27-21(29)13-28-22(30)19-6-1-2-7-20(19)34(28,31)32/h1-12H,13-14H2,(H,27,29). The molecule has 0 aromatic heterocycles. The molecule has 0 saturated heterocycles. The van der Waals surface area contributed by atoms with E-state index in [4.69, 9.17) is 4.74 Å². The zero-order valence-electron chi connectivity index (χ0n) is 17.4. The van der Waals surface area contributed by atoms with Gasteiger partial charge < -0.3 is 10.1 Å². The Balaban J connectivity index is 1.35. The Morgan fingerprint density at radius 1 is 0.971 bits per heavy atom. The number of hydrogen-bond acceptors (Lipinski definition) is 5. The van der Waals surface area contributed by atoms with Gasteiger partial charge in [-0.05, 0) is 54.1 Å². The van der Waals surface area contributed by atoms with Crippen molar-refractivity contribution in [3.05, 3.63) is 89.5 Å². The van der Waals surface area contributed by atoms with Crippen LogP contribution in [0.2, 0.25) is 0 Å². The second-order valence-corrected chi connectivity index (χ2v) is 9.20. The number of alkyl halides is 3. The zero-order chi connectivity index (χ0) is 24.5. The smallest absolute Gasteiger partial charge is 0.416 e. The first-order valence-electron chi connectivity index (χ1n) is 9.91. The van der Waals surface area contributed by atoms with Crippen LogP contribution in [0.25, 0.3) is 0 Å². The van der Waals surface area contributed by atoms with Crippen molar-refractivity contribution < 1.29 is 35.9 Å². The third-order valence-electron chi connectivity index (χ3n) is 5.00. The van der Waals surface area contributed by atoms with Gasteiger partial charge in [-0.25, -0.2) is 12.7 Å². The van der Waals surface area contributed by atoms with Crippen molar-refractivity contribution in [2.75, 3.05) is 11.9 Å². The first kappa shape index (κ1) is 23.3. The highest BCUT2D eigenvalue weighted by molar-refractivity contribution is 7.90. The number of nitrogens with one attached hydrogen (secondary N) is 1. The van der Waals surface area contributed by atoms with Gasteiger partial charge in [0, 0.05) is 5.69 Å². The van der Waals surface area contributed by atoms with Crippen LogP contribution in [-0.2, 0) is 27.6 Å². The van der Waals surface area contributed by atoms with Crippen molar-refractivity contribution in [2.45, 2.75) is 17.7 Å². The van der Waals surface area contributed by atoms with Crippen molar-refractivity contribution in [2.24, 2.45) is 0 Å². The Kier molecular flexibility index (Phi) is 6.05. The van der Waals surface area contributed by atoms with Gasteiger partial charge in [0.05, 0.1) is 11.1 Å². The molecule has 1 heterocycles. The number of halogens is 3. The van der Waals surface area contributed by atoms with Gasteiger partial charge in [-0.15, -0.1) is 0 Å². The lowest BCUT2D eigenvalue weighted by atomic mass is 10.1. The highest BCUT2D eigenvalue weighted by atomic mass is 32.2. The van der Waals surface area contributed by atoms with Crippen LogP contribution in [0, 0.1) is 0 Å². The minimum atomic E-state index is -4.45. The quantitative estimate of drug-likeness (QED) is 0.563. The minimum absolute atomic E-state index is 0.0116. The van der Waals surface area contributed by atoms with E-state index in [-0.39, 0.29) is 17.1 Å². The molecule has 0 radical (unpaired) electrons. The van der Waals surface area contributed by atoms with E-state index in [0.29, 0.717) is 21.3 Å². The zero-order valence-corrected chi connectivity index (χ0v) is 18.2. The van der Waals surface area contributed by atoms with Gasteiger partial charge in [0.25, 0.3) is 15.9 Å². The summed E-state index contributed by atoms with van der Waals surface area (Å²) >= 11 is 0. The number of fused-ring (bicyclic) bond motifs is 1. The Morgan fingerprint density at radius 2 is 1.68 bits per heavy atom. The Hall–Kier alpha value is -3.86. The van der Waals surface area contributed by atoms with Crippen molar-refractivity contribution >= 4 is 27.5 Å². The molecule has 0 spiro atoms. The maximum Gasteiger partial charge on any atom is 0.416 e. The molecular weight excluding hydrogens is 473 g/mol. The number of hydrogen-bond donors (Lipinski definition) is 1. The van der Waals surface area contributed by atoms with E-state index in [0.717, 1.165) is 12.1 Å². The van der Waals surface area contributed by atoms with Gasteiger partial charge in [0.15, 0.2) is 0 Å². The maximum absolute atomic E-state index is 12.8. The maximum atomic E-state index is 12.8. The fraction of sp³-hybridized carbons (Fsp3) is 0.130. The Bertz CT molecular complexity index is 1360. The first-order chi connectivity index (χ1) is 16.1. The summed E-state index contributed by atoms with van der Waals surface area (Å²) in [6, 6.07) is 16.4. The van der Waals surface area contributed by atoms with Gasteiger partial charge in [-0.1, -0.05) is 24.3 Å². The number of benzene rings is 3. The predicted molar refractivity (Wildman–Crippen MR) is 116 cm³/mol. The summed E-state index contributed by atoms with van der Waals surface area (Å²) in [5.74, 6) is -1.14. The number of amides is 2. The molecule has 4 rings (SSSR count). The molecule has 34 heavy (non-hydrogen) atoms. The Morgan fingerprint density at radius 3 is 2.35 bits per heavy atom. The number of nitrogens with zero attached hydrogens (tertiary/aromatic N) is 1. The van der Waals surface area contributed by atoms with Crippen molar-refractivity contribution in [1.29, 1.82) is 0 Å². The van der Waals surface area contributed by atoms with Crippen LogP contribution >= 0.6 is 0 Å². The van der Waals surface area contributed by atoms with E-state index in [2.05, 4.69) is 5.32 Å². The number of rotatable bonds is 6. The molecule has 1 aliphatic heterocycles. The van der Waals surface area contributed by atoms with Gasteiger partial charge in [0.1, 0.15) is 23.8 Å². The van der Waals surface area contributed by atoms with E-state index < -0.39 is 40.1 Å². The van der Waals surface area contributed by atoms with Crippen molar-refractivity contribution in [1.82, 2.24) is 4.31 Å². The van der Waals surface area contributed by atoms with E-state index >= 15 is 0 Å². The molecular formula is C23H17F3N2O5S. The second kappa shape index (κ2) is 8.82. The van der Waals surface area contributed by atoms with E-state index in [9.17, 15) is 31.2 Å². The van der Waals surface area contributed by atoms with Crippen LogP contribution in [0.3, 0.4) is 0 Å². The largest absolute Gasteiger partial charge is 0.489 e.